The molecule has 0 aliphatic heterocycles. The third-order valence-electron chi connectivity index (χ3n) is 3.48. The Morgan fingerprint density at radius 2 is 1.70 bits per heavy atom. The van der Waals surface area contributed by atoms with Gasteiger partial charge in [0.1, 0.15) is 12.4 Å². The van der Waals surface area contributed by atoms with E-state index in [2.05, 4.69) is 20.6 Å². The molecule has 7 nitrogen and oxygen atoms in total. The monoisotopic (exact) mass is 404 g/mol. The van der Waals surface area contributed by atoms with Gasteiger partial charge < -0.3 is 20.8 Å². The lowest BCUT2D eigenvalue weighted by Gasteiger charge is -2.12. The molecule has 27 heavy (non-hydrogen) atoms. The third-order valence-corrected chi connectivity index (χ3v) is 4.06. The number of anilines is 3. The largest absolute Gasteiger partial charge is 0.505 e. The first-order valence-corrected chi connectivity index (χ1v) is 8.53. The van der Waals surface area contributed by atoms with E-state index in [0.29, 0.717) is 17.2 Å². The summed E-state index contributed by atoms with van der Waals surface area (Å²) in [5, 5.41) is 24.4. The fraction of sp³-hybridized carbons (Fsp3) is 0.0556. The summed E-state index contributed by atoms with van der Waals surface area (Å²) >= 11 is 11.9. The van der Waals surface area contributed by atoms with Crippen LogP contribution in [-0.4, -0.2) is 32.7 Å². The summed E-state index contributed by atoms with van der Waals surface area (Å²) in [6, 6.07) is 14.1. The Hall–Kier alpha value is -3.03. The first-order chi connectivity index (χ1) is 12.9. The third kappa shape index (κ3) is 4.78. The van der Waals surface area contributed by atoms with Crippen molar-refractivity contribution < 1.29 is 15.0 Å². The summed E-state index contributed by atoms with van der Waals surface area (Å²) in [6.45, 7) is -0.325. The number of hydrogen-bond acceptors (Lipinski definition) is 6. The van der Waals surface area contributed by atoms with Crippen molar-refractivity contribution in [3.8, 4) is 17.0 Å². The second-order valence-corrected chi connectivity index (χ2v) is 6.30. The molecule has 0 fully saturated rings. The van der Waals surface area contributed by atoms with Crippen LogP contribution in [0.25, 0.3) is 11.3 Å². The lowest BCUT2D eigenvalue weighted by atomic mass is 10.1. The van der Waals surface area contributed by atoms with E-state index in [4.69, 9.17) is 28.3 Å². The average Bonchev–Trinajstić information content (AvgIpc) is 2.65. The molecule has 0 spiro atoms. The summed E-state index contributed by atoms with van der Waals surface area (Å²) in [5.41, 5.74) is 1.93. The number of halogens is 2. The van der Waals surface area contributed by atoms with Crippen molar-refractivity contribution in [1.29, 1.82) is 0 Å². The average molecular weight is 405 g/mol. The molecule has 0 unspecified atom stereocenters. The number of aromatic nitrogens is 2. The molecule has 0 aliphatic carbocycles. The van der Waals surface area contributed by atoms with Gasteiger partial charge in [0.2, 0.25) is 5.95 Å². The normalized spacial score (nSPS) is 10.4. The van der Waals surface area contributed by atoms with Crippen molar-refractivity contribution in [2.75, 3.05) is 17.2 Å². The molecule has 0 aliphatic rings. The van der Waals surface area contributed by atoms with Crippen molar-refractivity contribution in [2.45, 2.75) is 0 Å². The highest BCUT2D eigenvalue weighted by Crippen LogP contribution is 2.35. The van der Waals surface area contributed by atoms with E-state index in [9.17, 15) is 9.90 Å². The van der Waals surface area contributed by atoms with Gasteiger partial charge in [0.25, 0.3) is 0 Å². The zero-order valence-corrected chi connectivity index (χ0v) is 15.3. The first kappa shape index (κ1) is 18.8. The molecule has 0 saturated carbocycles. The maximum absolute atomic E-state index is 10.8. The SMILES string of the molecule is O=C(O)CNc1nc(Nc2cc(Cl)c(O)c(Cl)c2)cc(-c2ccccc2)n1. The van der Waals surface area contributed by atoms with Crippen LogP contribution >= 0.6 is 23.2 Å². The number of carbonyl (C=O) groups is 1. The van der Waals surface area contributed by atoms with Gasteiger partial charge in [-0.15, -0.1) is 0 Å². The van der Waals surface area contributed by atoms with Crippen molar-refractivity contribution >= 4 is 46.6 Å². The van der Waals surface area contributed by atoms with Gasteiger partial charge >= 0.3 is 5.97 Å². The fourth-order valence-electron chi connectivity index (χ4n) is 2.29. The number of nitrogens with one attached hydrogen (secondary N) is 2. The highest BCUT2D eigenvalue weighted by Gasteiger charge is 2.11. The van der Waals surface area contributed by atoms with Crippen molar-refractivity contribution in [1.82, 2.24) is 9.97 Å². The Kier molecular flexibility index (Phi) is 5.63. The topological polar surface area (TPSA) is 107 Å². The molecule has 138 valence electrons. The van der Waals surface area contributed by atoms with Gasteiger partial charge in [0.05, 0.1) is 15.7 Å². The maximum atomic E-state index is 10.8. The molecule has 1 aromatic heterocycles. The number of carboxylic acids is 1. The van der Waals surface area contributed by atoms with E-state index < -0.39 is 5.97 Å². The Labute approximate surface area is 164 Å². The van der Waals surface area contributed by atoms with Crippen molar-refractivity contribution in [3.63, 3.8) is 0 Å². The van der Waals surface area contributed by atoms with Gasteiger partial charge in [-0.25, -0.2) is 4.98 Å². The smallest absolute Gasteiger partial charge is 0.322 e. The second kappa shape index (κ2) is 8.11. The molecule has 1 heterocycles. The lowest BCUT2D eigenvalue weighted by molar-refractivity contribution is -0.134. The van der Waals surface area contributed by atoms with E-state index >= 15 is 0 Å². The number of benzene rings is 2. The van der Waals surface area contributed by atoms with Gasteiger partial charge in [-0.2, -0.15) is 4.98 Å². The molecule has 4 N–H and O–H groups in total. The summed E-state index contributed by atoms with van der Waals surface area (Å²) < 4.78 is 0. The Morgan fingerprint density at radius 3 is 2.33 bits per heavy atom. The number of aliphatic carboxylic acids is 1. The van der Waals surface area contributed by atoms with E-state index in [1.165, 1.54) is 12.1 Å². The van der Waals surface area contributed by atoms with Crippen LogP contribution in [0.1, 0.15) is 0 Å². The Bertz CT molecular complexity index is 961. The predicted molar refractivity (Wildman–Crippen MR) is 105 cm³/mol. The molecule has 3 aromatic rings. The van der Waals surface area contributed by atoms with Gasteiger partial charge in [0, 0.05) is 17.3 Å². The molecule has 9 heteroatoms. The minimum atomic E-state index is -1.03. The quantitative estimate of drug-likeness (QED) is 0.451. The number of phenolic OH excluding ortho intramolecular Hbond substituents is 1. The van der Waals surface area contributed by atoms with Gasteiger partial charge in [-0.1, -0.05) is 53.5 Å². The van der Waals surface area contributed by atoms with Crippen LogP contribution in [-0.2, 0) is 4.79 Å². The number of carboxylic acid groups (broad SMARTS) is 1. The van der Waals surface area contributed by atoms with Crippen LogP contribution in [0, 0.1) is 0 Å². The summed E-state index contributed by atoms with van der Waals surface area (Å²) in [5.74, 6) is -0.692. The van der Waals surface area contributed by atoms with Crippen LogP contribution in [0.2, 0.25) is 10.0 Å². The van der Waals surface area contributed by atoms with E-state index in [-0.39, 0.29) is 28.3 Å². The van der Waals surface area contributed by atoms with Crippen molar-refractivity contribution in [2.24, 2.45) is 0 Å². The minimum absolute atomic E-state index is 0.0894. The van der Waals surface area contributed by atoms with Crippen LogP contribution in [0.5, 0.6) is 5.75 Å². The van der Waals surface area contributed by atoms with Crippen molar-refractivity contribution in [3.05, 3.63) is 58.6 Å². The summed E-state index contributed by atoms with van der Waals surface area (Å²) in [4.78, 5) is 19.4. The highest BCUT2D eigenvalue weighted by atomic mass is 35.5. The standard InChI is InChI=1S/C18H14Cl2N4O3/c19-12-6-11(7-13(20)17(12)27)22-15-8-14(10-4-2-1-3-5-10)23-18(24-15)21-9-16(25)26/h1-8,27H,9H2,(H,25,26)(H2,21,22,23,24). The first-order valence-electron chi connectivity index (χ1n) is 7.77. The molecule has 0 atom stereocenters. The molecule has 0 saturated heterocycles. The van der Waals surface area contributed by atoms with E-state index in [1.54, 1.807) is 6.07 Å². The molecular weight excluding hydrogens is 391 g/mol. The zero-order valence-electron chi connectivity index (χ0n) is 13.8. The molecule has 0 radical (unpaired) electrons. The van der Waals surface area contributed by atoms with Crippen LogP contribution < -0.4 is 10.6 Å². The second-order valence-electron chi connectivity index (χ2n) is 5.49. The zero-order chi connectivity index (χ0) is 19.4. The summed E-state index contributed by atoms with van der Waals surface area (Å²) in [7, 11) is 0. The predicted octanol–water partition coefficient (Wildman–Crippen LogP) is 4.40. The van der Waals surface area contributed by atoms with Gasteiger partial charge in [-0.05, 0) is 12.1 Å². The fourth-order valence-corrected chi connectivity index (χ4v) is 2.77. The number of aromatic hydroxyl groups is 1. The molecule has 0 amide bonds. The minimum Gasteiger partial charge on any atom is -0.505 e. The molecular formula is C18H14Cl2N4O3. The number of nitrogens with zero attached hydrogens (tertiary/aromatic N) is 2. The number of rotatable bonds is 6. The molecule has 0 bridgehead atoms. The molecule has 3 rings (SSSR count). The highest BCUT2D eigenvalue weighted by molar-refractivity contribution is 6.37. The number of phenols is 1. The van der Waals surface area contributed by atoms with Gasteiger partial charge in [-0.3, -0.25) is 4.79 Å². The van der Waals surface area contributed by atoms with Crippen LogP contribution in [0.3, 0.4) is 0 Å². The van der Waals surface area contributed by atoms with Crippen LogP contribution in [0.4, 0.5) is 17.5 Å². The lowest BCUT2D eigenvalue weighted by Crippen LogP contribution is -2.15. The van der Waals surface area contributed by atoms with Crippen LogP contribution in [0.15, 0.2) is 48.5 Å². The Balaban J connectivity index is 1.98. The number of hydrogen-bond donors (Lipinski definition) is 4. The maximum Gasteiger partial charge on any atom is 0.322 e. The Morgan fingerprint density at radius 1 is 1.04 bits per heavy atom. The van der Waals surface area contributed by atoms with E-state index in [1.807, 2.05) is 30.3 Å². The van der Waals surface area contributed by atoms with Gasteiger partial charge in [0.15, 0.2) is 5.75 Å². The summed E-state index contributed by atoms with van der Waals surface area (Å²) in [6.07, 6.45) is 0. The van der Waals surface area contributed by atoms with E-state index in [0.717, 1.165) is 5.56 Å². The molecule has 2 aromatic carbocycles.